The molecule has 0 spiro atoms. The molecule has 2 nitrogen and oxygen atoms in total. The smallest absolute Gasteiger partial charge is 0.153 e. The standard InChI is InChI=1S/C11H15NO/c1-9(12-2)11(13)8-10-6-4-3-5-7-10/h3-7,9,12H,8H2,1-2H3/t9-/m0/s1. The van der Waals surface area contributed by atoms with Crippen molar-refractivity contribution in [3.05, 3.63) is 35.9 Å². The lowest BCUT2D eigenvalue weighted by Gasteiger charge is -2.08. The van der Waals surface area contributed by atoms with E-state index < -0.39 is 0 Å². The Morgan fingerprint density at radius 1 is 1.38 bits per heavy atom. The molecule has 1 aromatic rings. The average Bonchev–Trinajstić information content (AvgIpc) is 2.18. The van der Waals surface area contributed by atoms with Gasteiger partial charge in [-0.1, -0.05) is 30.3 Å². The summed E-state index contributed by atoms with van der Waals surface area (Å²) in [5.74, 6) is 0.230. The van der Waals surface area contributed by atoms with Crippen LogP contribution in [0.5, 0.6) is 0 Å². The van der Waals surface area contributed by atoms with Crippen LogP contribution in [0.1, 0.15) is 12.5 Å². The quantitative estimate of drug-likeness (QED) is 0.753. The van der Waals surface area contributed by atoms with Gasteiger partial charge in [-0.25, -0.2) is 0 Å². The highest BCUT2D eigenvalue weighted by molar-refractivity contribution is 5.85. The summed E-state index contributed by atoms with van der Waals surface area (Å²) in [5, 5.41) is 2.94. The third-order valence-electron chi connectivity index (χ3n) is 2.14. The van der Waals surface area contributed by atoms with Gasteiger partial charge in [0.25, 0.3) is 0 Å². The molecule has 1 rings (SSSR count). The van der Waals surface area contributed by atoms with Gasteiger partial charge < -0.3 is 5.32 Å². The van der Waals surface area contributed by atoms with Crippen molar-refractivity contribution in [3.63, 3.8) is 0 Å². The zero-order chi connectivity index (χ0) is 9.68. The van der Waals surface area contributed by atoms with Gasteiger partial charge in [-0.05, 0) is 19.5 Å². The van der Waals surface area contributed by atoms with Crippen LogP contribution < -0.4 is 5.32 Å². The number of nitrogens with one attached hydrogen (secondary N) is 1. The van der Waals surface area contributed by atoms with Crippen LogP contribution >= 0.6 is 0 Å². The van der Waals surface area contributed by atoms with Gasteiger partial charge in [0.05, 0.1) is 6.04 Å². The Labute approximate surface area is 79.0 Å². The van der Waals surface area contributed by atoms with Crippen molar-refractivity contribution in [2.75, 3.05) is 7.05 Å². The van der Waals surface area contributed by atoms with Gasteiger partial charge in [0.15, 0.2) is 5.78 Å². The molecule has 0 aliphatic rings. The largest absolute Gasteiger partial charge is 0.311 e. The number of ketones is 1. The number of carbonyl (C=O) groups excluding carboxylic acids is 1. The molecule has 0 aromatic heterocycles. The van der Waals surface area contributed by atoms with E-state index in [9.17, 15) is 4.79 Å². The van der Waals surface area contributed by atoms with Crippen LogP contribution in [-0.4, -0.2) is 18.9 Å². The zero-order valence-corrected chi connectivity index (χ0v) is 8.08. The van der Waals surface area contributed by atoms with Crippen molar-refractivity contribution in [2.45, 2.75) is 19.4 Å². The van der Waals surface area contributed by atoms with Gasteiger partial charge in [0.1, 0.15) is 0 Å². The van der Waals surface area contributed by atoms with E-state index in [0.717, 1.165) is 5.56 Å². The predicted molar refractivity (Wildman–Crippen MR) is 53.7 cm³/mol. The molecule has 13 heavy (non-hydrogen) atoms. The van der Waals surface area contributed by atoms with Crippen LogP contribution in [0.25, 0.3) is 0 Å². The molecule has 0 bridgehead atoms. The minimum absolute atomic E-state index is 0.0554. The Bertz CT molecular complexity index is 269. The molecular weight excluding hydrogens is 162 g/mol. The highest BCUT2D eigenvalue weighted by Crippen LogP contribution is 2.01. The van der Waals surface area contributed by atoms with E-state index in [1.807, 2.05) is 37.3 Å². The van der Waals surface area contributed by atoms with E-state index in [4.69, 9.17) is 0 Å². The summed E-state index contributed by atoms with van der Waals surface area (Å²) in [7, 11) is 1.80. The van der Waals surface area contributed by atoms with Gasteiger partial charge in [-0.2, -0.15) is 0 Å². The number of hydrogen-bond donors (Lipinski definition) is 1. The van der Waals surface area contributed by atoms with Crippen LogP contribution in [0.4, 0.5) is 0 Å². The Kier molecular flexibility index (Phi) is 3.65. The van der Waals surface area contributed by atoms with Gasteiger partial charge in [0.2, 0.25) is 0 Å². The third kappa shape index (κ3) is 2.99. The first-order valence-corrected chi connectivity index (χ1v) is 4.48. The molecule has 0 fully saturated rings. The van der Waals surface area contributed by atoms with E-state index in [1.54, 1.807) is 7.05 Å². The summed E-state index contributed by atoms with van der Waals surface area (Å²) in [5.41, 5.74) is 1.08. The summed E-state index contributed by atoms with van der Waals surface area (Å²) in [6, 6.07) is 9.75. The first-order chi connectivity index (χ1) is 6.24. The fraction of sp³-hybridized carbons (Fsp3) is 0.364. The molecule has 0 radical (unpaired) electrons. The Balaban J connectivity index is 2.55. The molecule has 0 unspecified atom stereocenters. The van der Waals surface area contributed by atoms with Crippen LogP contribution in [0.2, 0.25) is 0 Å². The summed E-state index contributed by atoms with van der Waals surface area (Å²) in [4.78, 5) is 11.5. The van der Waals surface area contributed by atoms with Crippen LogP contribution in [-0.2, 0) is 11.2 Å². The second-order valence-corrected chi connectivity index (χ2v) is 3.14. The van der Waals surface area contributed by atoms with Crippen molar-refractivity contribution in [3.8, 4) is 0 Å². The predicted octanol–water partition coefficient (Wildman–Crippen LogP) is 1.41. The number of likely N-dealkylation sites (N-methyl/N-ethyl adjacent to an activating group) is 1. The third-order valence-corrected chi connectivity index (χ3v) is 2.14. The summed E-state index contributed by atoms with van der Waals surface area (Å²) in [6.45, 7) is 1.88. The second kappa shape index (κ2) is 4.77. The maximum absolute atomic E-state index is 11.5. The fourth-order valence-electron chi connectivity index (χ4n) is 1.11. The van der Waals surface area contributed by atoms with E-state index in [0.29, 0.717) is 6.42 Å². The summed E-state index contributed by atoms with van der Waals surface area (Å²) >= 11 is 0. The number of Topliss-reactive ketones (excluding diaryl/α,β-unsaturated/α-hetero) is 1. The highest BCUT2D eigenvalue weighted by Gasteiger charge is 2.09. The Morgan fingerprint density at radius 3 is 2.54 bits per heavy atom. The van der Waals surface area contributed by atoms with E-state index >= 15 is 0 Å². The number of benzene rings is 1. The highest BCUT2D eigenvalue weighted by atomic mass is 16.1. The minimum Gasteiger partial charge on any atom is -0.311 e. The van der Waals surface area contributed by atoms with Gasteiger partial charge >= 0.3 is 0 Å². The van der Waals surface area contributed by atoms with Crippen molar-refractivity contribution in [1.29, 1.82) is 0 Å². The molecule has 0 saturated heterocycles. The van der Waals surface area contributed by atoms with Crippen LogP contribution in [0, 0.1) is 0 Å². The number of hydrogen-bond acceptors (Lipinski definition) is 2. The molecule has 1 atom stereocenters. The molecule has 0 heterocycles. The van der Waals surface area contributed by atoms with E-state index in [-0.39, 0.29) is 11.8 Å². The molecule has 1 N–H and O–H groups in total. The van der Waals surface area contributed by atoms with Gasteiger partial charge in [0, 0.05) is 6.42 Å². The van der Waals surface area contributed by atoms with Crippen LogP contribution in [0.15, 0.2) is 30.3 Å². The fourth-order valence-corrected chi connectivity index (χ4v) is 1.11. The number of carbonyl (C=O) groups is 1. The molecule has 0 saturated carbocycles. The first kappa shape index (κ1) is 9.93. The molecule has 0 aliphatic heterocycles. The van der Waals surface area contributed by atoms with Crippen molar-refractivity contribution in [1.82, 2.24) is 5.32 Å². The van der Waals surface area contributed by atoms with E-state index in [2.05, 4.69) is 5.32 Å². The molecule has 1 aromatic carbocycles. The molecule has 0 aliphatic carbocycles. The monoisotopic (exact) mass is 177 g/mol. The lowest BCUT2D eigenvalue weighted by molar-refractivity contribution is -0.119. The Morgan fingerprint density at radius 2 is 2.00 bits per heavy atom. The van der Waals surface area contributed by atoms with Crippen LogP contribution in [0.3, 0.4) is 0 Å². The summed E-state index contributed by atoms with van der Waals surface area (Å²) in [6.07, 6.45) is 0.517. The van der Waals surface area contributed by atoms with E-state index in [1.165, 1.54) is 0 Å². The number of rotatable bonds is 4. The van der Waals surface area contributed by atoms with Crippen molar-refractivity contribution >= 4 is 5.78 Å². The minimum atomic E-state index is -0.0554. The molecule has 2 heteroatoms. The van der Waals surface area contributed by atoms with Gasteiger partial charge in [-0.15, -0.1) is 0 Å². The maximum Gasteiger partial charge on any atom is 0.153 e. The maximum atomic E-state index is 11.5. The topological polar surface area (TPSA) is 29.1 Å². The lowest BCUT2D eigenvalue weighted by atomic mass is 10.1. The first-order valence-electron chi connectivity index (χ1n) is 4.48. The van der Waals surface area contributed by atoms with Crippen molar-refractivity contribution in [2.24, 2.45) is 0 Å². The van der Waals surface area contributed by atoms with Crippen molar-refractivity contribution < 1.29 is 4.79 Å². The summed E-state index contributed by atoms with van der Waals surface area (Å²) < 4.78 is 0. The lowest BCUT2D eigenvalue weighted by Crippen LogP contribution is -2.31. The molecule has 70 valence electrons. The molecule has 0 amide bonds. The SMILES string of the molecule is CN[C@@H](C)C(=O)Cc1ccccc1. The van der Waals surface area contributed by atoms with Gasteiger partial charge in [-0.3, -0.25) is 4.79 Å². The zero-order valence-electron chi connectivity index (χ0n) is 8.08. The molecular formula is C11H15NO. The second-order valence-electron chi connectivity index (χ2n) is 3.14. The average molecular weight is 177 g/mol. The Hall–Kier alpha value is -1.15. The normalized spacial score (nSPS) is 12.5.